The quantitative estimate of drug-likeness (QED) is 0.635. The van der Waals surface area contributed by atoms with Gasteiger partial charge in [0, 0.05) is 12.3 Å². The molecule has 2 rings (SSSR count). The molecule has 0 heterocycles. The van der Waals surface area contributed by atoms with Gasteiger partial charge in [-0.25, -0.2) is 0 Å². The third kappa shape index (κ3) is 1.19. The highest BCUT2D eigenvalue weighted by Crippen LogP contribution is 2.45. The molecule has 0 aromatic heterocycles. The average Bonchev–Trinajstić information content (AvgIpc) is 2.41. The third-order valence-electron chi connectivity index (χ3n) is 2.84. The summed E-state index contributed by atoms with van der Waals surface area (Å²) in [6.45, 7) is 2.10. The van der Waals surface area contributed by atoms with Crippen molar-refractivity contribution in [1.29, 1.82) is 5.26 Å². The molecule has 0 spiro atoms. The maximum atomic E-state index is 9.07. The first-order valence-electron chi connectivity index (χ1n) is 4.35. The van der Waals surface area contributed by atoms with Crippen molar-refractivity contribution in [3.8, 4) is 6.07 Å². The molecule has 0 saturated heterocycles. The van der Waals surface area contributed by atoms with Crippen LogP contribution in [0.2, 0.25) is 0 Å². The van der Waals surface area contributed by atoms with Gasteiger partial charge in [0.2, 0.25) is 0 Å². The number of hydrogen-bond acceptors (Lipinski definition) is 1. The van der Waals surface area contributed by atoms with Crippen LogP contribution in [0.3, 0.4) is 0 Å². The van der Waals surface area contributed by atoms with Gasteiger partial charge >= 0.3 is 0 Å². The lowest BCUT2D eigenvalue weighted by atomic mass is 9.96. The Hall–Kier alpha value is -0.810. The molecule has 1 aromatic carbocycles. The van der Waals surface area contributed by atoms with Crippen molar-refractivity contribution in [3.63, 3.8) is 0 Å². The number of benzene rings is 1. The third-order valence-corrected chi connectivity index (χ3v) is 3.99. The van der Waals surface area contributed by atoms with E-state index in [1.165, 1.54) is 11.1 Å². The second-order valence-corrected chi connectivity index (χ2v) is 4.99. The monoisotopic (exact) mass is 235 g/mol. The van der Waals surface area contributed by atoms with Crippen molar-refractivity contribution in [2.45, 2.75) is 23.6 Å². The zero-order valence-electron chi connectivity index (χ0n) is 7.42. The first kappa shape index (κ1) is 8.77. The summed E-state index contributed by atoms with van der Waals surface area (Å²) in [6, 6.07) is 10.6. The van der Waals surface area contributed by atoms with E-state index >= 15 is 0 Å². The molecule has 1 nitrogen and oxygen atoms in total. The average molecular weight is 236 g/mol. The lowest BCUT2D eigenvalue weighted by Crippen LogP contribution is -2.21. The Bertz CT molecular complexity index is 380. The summed E-state index contributed by atoms with van der Waals surface area (Å²) in [7, 11) is 0. The predicted octanol–water partition coefficient (Wildman–Crippen LogP) is 3.00. The molecule has 1 aliphatic carbocycles. The topological polar surface area (TPSA) is 23.8 Å². The van der Waals surface area contributed by atoms with Gasteiger partial charge in [0.05, 0.1) is 6.07 Å². The molecule has 0 N–H and O–H groups in total. The lowest BCUT2D eigenvalue weighted by Gasteiger charge is -2.17. The lowest BCUT2D eigenvalue weighted by molar-refractivity contribution is 0.668. The maximum Gasteiger partial charge on any atom is 0.123 e. The molecule has 0 bridgehead atoms. The van der Waals surface area contributed by atoms with Gasteiger partial charge in [-0.05, 0) is 11.1 Å². The molecule has 0 saturated carbocycles. The minimum Gasteiger partial charge on any atom is -0.197 e. The summed E-state index contributed by atoms with van der Waals surface area (Å²) in [5.74, 6) is 0.286. The van der Waals surface area contributed by atoms with Crippen LogP contribution < -0.4 is 0 Å². The first-order valence-corrected chi connectivity index (χ1v) is 5.14. The Morgan fingerprint density at radius 1 is 1.54 bits per heavy atom. The summed E-state index contributed by atoms with van der Waals surface area (Å²) < 4.78 is -0.378. The van der Waals surface area contributed by atoms with Crippen molar-refractivity contribution >= 4 is 15.9 Å². The van der Waals surface area contributed by atoms with Crippen molar-refractivity contribution in [1.82, 2.24) is 0 Å². The zero-order chi connectivity index (χ0) is 9.47. The van der Waals surface area contributed by atoms with Gasteiger partial charge in [-0.2, -0.15) is 5.26 Å². The van der Waals surface area contributed by atoms with Gasteiger partial charge in [-0.15, -0.1) is 0 Å². The Labute approximate surface area is 86.5 Å². The van der Waals surface area contributed by atoms with E-state index in [2.05, 4.69) is 41.1 Å². The Kier molecular flexibility index (Phi) is 1.92. The van der Waals surface area contributed by atoms with E-state index < -0.39 is 0 Å². The standard InChI is InChI=1S/C11H10BrN/c1-8-10-5-3-2-4-9(10)6-11(8,12)7-13/h2-5,8H,6H2,1H3. The molecule has 0 aliphatic heterocycles. The van der Waals surface area contributed by atoms with E-state index in [1.54, 1.807) is 0 Å². The molecule has 2 heteroatoms. The summed E-state index contributed by atoms with van der Waals surface area (Å²) in [5.41, 5.74) is 2.61. The van der Waals surface area contributed by atoms with Crippen LogP contribution in [0.15, 0.2) is 24.3 Å². The number of alkyl halides is 1. The summed E-state index contributed by atoms with van der Waals surface area (Å²) in [4.78, 5) is 0. The highest BCUT2D eigenvalue weighted by molar-refractivity contribution is 9.10. The Morgan fingerprint density at radius 2 is 2.23 bits per heavy atom. The van der Waals surface area contributed by atoms with Crippen molar-refractivity contribution in [2.24, 2.45) is 0 Å². The van der Waals surface area contributed by atoms with Gasteiger partial charge in [0.1, 0.15) is 4.32 Å². The molecule has 66 valence electrons. The van der Waals surface area contributed by atoms with E-state index in [4.69, 9.17) is 5.26 Å². The van der Waals surface area contributed by atoms with Crippen LogP contribution >= 0.6 is 15.9 Å². The number of rotatable bonds is 0. The normalized spacial score (nSPS) is 31.0. The largest absolute Gasteiger partial charge is 0.197 e. The number of nitrogens with zero attached hydrogens (tertiary/aromatic N) is 1. The van der Waals surface area contributed by atoms with Crippen LogP contribution in [-0.2, 0) is 6.42 Å². The smallest absolute Gasteiger partial charge is 0.123 e. The fraction of sp³-hybridized carbons (Fsp3) is 0.364. The summed E-state index contributed by atoms with van der Waals surface area (Å²) in [5, 5.41) is 9.07. The van der Waals surface area contributed by atoms with E-state index in [-0.39, 0.29) is 10.2 Å². The van der Waals surface area contributed by atoms with Crippen LogP contribution in [-0.4, -0.2) is 4.32 Å². The van der Waals surface area contributed by atoms with Crippen molar-refractivity contribution < 1.29 is 0 Å². The summed E-state index contributed by atoms with van der Waals surface area (Å²) in [6.07, 6.45) is 0.820. The van der Waals surface area contributed by atoms with Crippen LogP contribution in [0, 0.1) is 11.3 Å². The molecule has 0 fully saturated rings. The van der Waals surface area contributed by atoms with Crippen molar-refractivity contribution in [3.05, 3.63) is 35.4 Å². The van der Waals surface area contributed by atoms with E-state index in [0.29, 0.717) is 0 Å². The Balaban J connectivity index is 2.51. The molecule has 0 amide bonds. The van der Waals surface area contributed by atoms with E-state index in [1.807, 2.05) is 12.1 Å². The fourth-order valence-corrected chi connectivity index (χ4v) is 2.48. The fourth-order valence-electron chi connectivity index (χ4n) is 1.93. The zero-order valence-corrected chi connectivity index (χ0v) is 9.01. The Morgan fingerprint density at radius 3 is 2.85 bits per heavy atom. The van der Waals surface area contributed by atoms with E-state index in [9.17, 15) is 0 Å². The maximum absolute atomic E-state index is 9.07. The van der Waals surface area contributed by atoms with E-state index in [0.717, 1.165) is 6.42 Å². The van der Waals surface area contributed by atoms with Gasteiger partial charge < -0.3 is 0 Å². The minimum absolute atomic E-state index is 0.286. The highest BCUT2D eigenvalue weighted by atomic mass is 79.9. The molecule has 2 atom stereocenters. The van der Waals surface area contributed by atoms with Gasteiger partial charge in [-0.3, -0.25) is 0 Å². The SMILES string of the molecule is CC1c2ccccc2CC1(Br)C#N. The second kappa shape index (κ2) is 2.85. The first-order chi connectivity index (χ1) is 6.17. The molecule has 1 aliphatic rings. The van der Waals surface area contributed by atoms with Crippen molar-refractivity contribution in [2.75, 3.05) is 0 Å². The molecule has 13 heavy (non-hydrogen) atoms. The van der Waals surface area contributed by atoms with Crippen LogP contribution in [0.4, 0.5) is 0 Å². The molecular formula is C11H10BrN. The van der Waals surface area contributed by atoms with Gasteiger partial charge in [0.15, 0.2) is 0 Å². The minimum atomic E-state index is -0.378. The predicted molar refractivity (Wildman–Crippen MR) is 55.8 cm³/mol. The second-order valence-electron chi connectivity index (χ2n) is 3.57. The number of halogens is 1. The summed E-state index contributed by atoms with van der Waals surface area (Å²) >= 11 is 3.53. The number of nitriles is 1. The number of hydrogen-bond donors (Lipinski definition) is 0. The highest BCUT2D eigenvalue weighted by Gasteiger charge is 2.41. The van der Waals surface area contributed by atoms with Gasteiger partial charge in [0.25, 0.3) is 0 Å². The van der Waals surface area contributed by atoms with Crippen LogP contribution in [0.5, 0.6) is 0 Å². The van der Waals surface area contributed by atoms with Gasteiger partial charge in [-0.1, -0.05) is 47.1 Å². The molecule has 2 unspecified atom stereocenters. The number of fused-ring (bicyclic) bond motifs is 1. The molecular weight excluding hydrogens is 226 g/mol. The van der Waals surface area contributed by atoms with Crippen LogP contribution in [0.25, 0.3) is 0 Å². The van der Waals surface area contributed by atoms with Crippen LogP contribution in [0.1, 0.15) is 24.0 Å². The molecule has 0 radical (unpaired) electrons. The molecule has 1 aromatic rings.